The first-order chi connectivity index (χ1) is 10.3. The lowest BCUT2D eigenvalue weighted by atomic mass is 10.0. The number of halogens is 1. The van der Waals surface area contributed by atoms with E-state index in [4.69, 9.17) is 16.3 Å². The number of hydrogen-bond acceptors (Lipinski definition) is 5. The highest BCUT2D eigenvalue weighted by Gasteiger charge is 2.29. The highest BCUT2D eigenvalue weighted by Crippen LogP contribution is 2.22. The van der Waals surface area contributed by atoms with Gasteiger partial charge in [0.2, 0.25) is 5.28 Å². The van der Waals surface area contributed by atoms with Crippen LogP contribution in [-0.2, 0) is 4.74 Å². The van der Waals surface area contributed by atoms with Crippen molar-refractivity contribution < 1.29 is 9.53 Å². The van der Waals surface area contributed by atoms with Crippen molar-refractivity contribution in [2.75, 3.05) is 25.0 Å². The number of carbonyl (C=O) groups excluding carboxylic acids is 1. The molecule has 0 bridgehead atoms. The standard InChI is InChI=1S/C15H23ClN4O2/c1-15(2,3)22-14(21)20-9-5-6-11(10-20)19(4)12-7-8-17-13(16)18-12/h7-8,11H,5-6,9-10H2,1-4H3/t11-/m0/s1. The van der Waals surface area contributed by atoms with E-state index in [1.807, 2.05) is 38.8 Å². The van der Waals surface area contributed by atoms with Crippen LogP contribution in [0.3, 0.4) is 0 Å². The highest BCUT2D eigenvalue weighted by molar-refractivity contribution is 6.28. The third kappa shape index (κ3) is 4.47. The van der Waals surface area contributed by atoms with Gasteiger partial charge in [0.25, 0.3) is 0 Å². The maximum absolute atomic E-state index is 12.2. The van der Waals surface area contributed by atoms with Gasteiger partial charge in [-0.2, -0.15) is 0 Å². The van der Waals surface area contributed by atoms with Crippen molar-refractivity contribution in [3.8, 4) is 0 Å². The number of rotatable bonds is 2. The van der Waals surface area contributed by atoms with Gasteiger partial charge < -0.3 is 14.5 Å². The average Bonchev–Trinajstić information content (AvgIpc) is 2.45. The lowest BCUT2D eigenvalue weighted by molar-refractivity contribution is 0.0199. The summed E-state index contributed by atoms with van der Waals surface area (Å²) in [5.74, 6) is 0.760. The van der Waals surface area contributed by atoms with Crippen molar-refractivity contribution in [1.82, 2.24) is 14.9 Å². The summed E-state index contributed by atoms with van der Waals surface area (Å²) in [6.07, 6.45) is 3.31. The van der Waals surface area contributed by atoms with Crippen LogP contribution in [0.25, 0.3) is 0 Å². The Morgan fingerprint density at radius 2 is 2.23 bits per heavy atom. The first-order valence-corrected chi connectivity index (χ1v) is 7.83. The molecule has 0 aliphatic carbocycles. The number of carbonyl (C=O) groups is 1. The minimum absolute atomic E-state index is 0.187. The van der Waals surface area contributed by atoms with Crippen LogP contribution >= 0.6 is 11.6 Å². The molecule has 0 spiro atoms. The van der Waals surface area contributed by atoms with E-state index < -0.39 is 5.60 Å². The van der Waals surface area contributed by atoms with Crippen LogP contribution in [0.4, 0.5) is 10.6 Å². The summed E-state index contributed by atoms with van der Waals surface area (Å²) in [4.78, 5) is 24.1. The van der Waals surface area contributed by atoms with Crippen molar-refractivity contribution >= 4 is 23.5 Å². The van der Waals surface area contributed by atoms with Crippen molar-refractivity contribution in [2.24, 2.45) is 0 Å². The van der Waals surface area contributed by atoms with Crippen LogP contribution in [0.15, 0.2) is 12.3 Å². The largest absolute Gasteiger partial charge is 0.444 e. The lowest BCUT2D eigenvalue weighted by Gasteiger charge is -2.38. The van der Waals surface area contributed by atoms with Gasteiger partial charge in [0.05, 0.1) is 0 Å². The summed E-state index contributed by atoms with van der Waals surface area (Å²) in [7, 11) is 1.96. The third-order valence-corrected chi connectivity index (χ3v) is 3.75. The van der Waals surface area contributed by atoms with E-state index in [-0.39, 0.29) is 17.4 Å². The van der Waals surface area contributed by atoms with E-state index in [0.29, 0.717) is 6.54 Å². The van der Waals surface area contributed by atoms with Gasteiger partial charge in [-0.15, -0.1) is 0 Å². The van der Waals surface area contributed by atoms with Gasteiger partial charge in [-0.05, 0) is 51.3 Å². The van der Waals surface area contributed by atoms with Gasteiger partial charge >= 0.3 is 6.09 Å². The second-order valence-electron chi connectivity index (χ2n) is 6.52. The Hall–Kier alpha value is -1.56. The number of aromatic nitrogens is 2. The van der Waals surface area contributed by atoms with Gasteiger partial charge in [-0.3, -0.25) is 0 Å². The number of nitrogens with zero attached hydrogens (tertiary/aromatic N) is 4. The smallest absolute Gasteiger partial charge is 0.410 e. The molecule has 0 N–H and O–H groups in total. The fourth-order valence-corrected chi connectivity index (χ4v) is 2.62. The molecule has 1 saturated heterocycles. The van der Waals surface area contributed by atoms with E-state index >= 15 is 0 Å². The summed E-state index contributed by atoms with van der Waals surface area (Å²) in [6, 6.07) is 2.01. The fraction of sp³-hybridized carbons (Fsp3) is 0.667. The molecule has 0 saturated carbocycles. The van der Waals surface area contributed by atoms with Crippen molar-refractivity contribution in [3.63, 3.8) is 0 Å². The molecule has 1 amide bonds. The SMILES string of the molecule is CN(c1ccnc(Cl)n1)[C@H]1CCCN(C(=O)OC(C)(C)C)C1. The van der Waals surface area contributed by atoms with E-state index in [1.54, 1.807) is 11.1 Å². The lowest BCUT2D eigenvalue weighted by Crippen LogP contribution is -2.50. The minimum Gasteiger partial charge on any atom is -0.444 e. The molecule has 6 nitrogen and oxygen atoms in total. The molecule has 1 aromatic heterocycles. The van der Waals surface area contributed by atoms with E-state index in [2.05, 4.69) is 9.97 Å². The summed E-state index contributed by atoms with van der Waals surface area (Å²) in [5, 5.41) is 0.226. The summed E-state index contributed by atoms with van der Waals surface area (Å²) >= 11 is 5.85. The second-order valence-corrected chi connectivity index (χ2v) is 6.86. The fourth-order valence-electron chi connectivity index (χ4n) is 2.47. The maximum Gasteiger partial charge on any atom is 0.410 e. The molecule has 1 aliphatic rings. The molecular formula is C15H23ClN4O2. The third-order valence-electron chi connectivity index (χ3n) is 3.57. The molecule has 1 aromatic rings. The zero-order valence-corrected chi connectivity index (χ0v) is 14.3. The molecule has 1 atom stereocenters. The molecular weight excluding hydrogens is 304 g/mol. The van der Waals surface area contributed by atoms with Gasteiger partial charge in [-0.25, -0.2) is 14.8 Å². The average molecular weight is 327 g/mol. The van der Waals surface area contributed by atoms with Crippen LogP contribution in [0.2, 0.25) is 5.28 Å². The van der Waals surface area contributed by atoms with Crippen molar-refractivity contribution in [1.29, 1.82) is 0 Å². The number of likely N-dealkylation sites (tertiary alicyclic amines) is 1. The van der Waals surface area contributed by atoms with E-state index in [9.17, 15) is 4.79 Å². The quantitative estimate of drug-likeness (QED) is 0.782. The molecule has 1 fully saturated rings. The van der Waals surface area contributed by atoms with Crippen LogP contribution in [0.1, 0.15) is 33.6 Å². The Morgan fingerprint density at radius 1 is 1.50 bits per heavy atom. The molecule has 0 unspecified atom stereocenters. The molecule has 122 valence electrons. The normalized spacial score (nSPS) is 19.0. The van der Waals surface area contributed by atoms with Crippen LogP contribution in [0.5, 0.6) is 0 Å². The molecule has 0 radical (unpaired) electrons. The molecule has 0 aromatic carbocycles. The van der Waals surface area contributed by atoms with E-state index in [0.717, 1.165) is 25.2 Å². The minimum atomic E-state index is -0.476. The Bertz CT molecular complexity index is 533. The second kappa shape index (κ2) is 6.69. The predicted molar refractivity (Wildman–Crippen MR) is 86.3 cm³/mol. The summed E-state index contributed by atoms with van der Waals surface area (Å²) in [5.41, 5.74) is -0.476. The Kier molecular flexibility index (Phi) is 5.11. The molecule has 2 heterocycles. The molecule has 1 aliphatic heterocycles. The van der Waals surface area contributed by atoms with Gasteiger partial charge in [0, 0.05) is 32.4 Å². The molecule has 22 heavy (non-hydrogen) atoms. The summed E-state index contributed by atoms with van der Waals surface area (Å²) in [6.45, 7) is 6.97. The first-order valence-electron chi connectivity index (χ1n) is 7.45. The van der Waals surface area contributed by atoms with Gasteiger partial charge in [0.1, 0.15) is 11.4 Å². The summed E-state index contributed by atoms with van der Waals surface area (Å²) < 4.78 is 5.45. The van der Waals surface area contributed by atoms with E-state index in [1.165, 1.54) is 0 Å². The Morgan fingerprint density at radius 3 is 2.86 bits per heavy atom. The Balaban J connectivity index is 2.02. The number of anilines is 1. The molecule has 7 heteroatoms. The number of hydrogen-bond donors (Lipinski definition) is 0. The number of piperidine rings is 1. The number of likely N-dealkylation sites (N-methyl/N-ethyl adjacent to an activating group) is 1. The van der Waals surface area contributed by atoms with Crippen molar-refractivity contribution in [3.05, 3.63) is 17.5 Å². The topological polar surface area (TPSA) is 58.6 Å². The highest BCUT2D eigenvalue weighted by atomic mass is 35.5. The zero-order valence-electron chi connectivity index (χ0n) is 13.5. The zero-order chi connectivity index (χ0) is 16.3. The van der Waals surface area contributed by atoms with Crippen LogP contribution in [0, 0.1) is 0 Å². The number of ether oxygens (including phenoxy) is 1. The monoisotopic (exact) mass is 326 g/mol. The number of amides is 1. The maximum atomic E-state index is 12.2. The van der Waals surface area contributed by atoms with Crippen LogP contribution in [-0.4, -0.2) is 52.7 Å². The van der Waals surface area contributed by atoms with Gasteiger partial charge in [-0.1, -0.05) is 0 Å². The predicted octanol–water partition coefficient (Wildman–Crippen LogP) is 2.97. The van der Waals surface area contributed by atoms with Gasteiger partial charge in [0.15, 0.2) is 0 Å². The first kappa shape index (κ1) is 16.8. The molecule has 2 rings (SSSR count). The Labute approximate surface area is 136 Å². The van der Waals surface area contributed by atoms with Crippen molar-refractivity contribution in [2.45, 2.75) is 45.3 Å². The van der Waals surface area contributed by atoms with Crippen LogP contribution < -0.4 is 4.90 Å².